The summed E-state index contributed by atoms with van der Waals surface area (Å²) in [6.45, 7) is 34.4. The van der Waals surface area contributed by atoms with Gasteiger partial charge in [-0.05, 0) is 83.2 Å². The van der Waals surface area contributed by atoms with Gasteiger partial charge >= 0.3 is 0 Å². The Labute approximate surface area is 378 Å². The quantitative estimate of drug-likeness (QED) is 0.116. The molecule has 0 fully saturated rings. The first-order valence-corrected chi connectivity index (χ1v) is 24.0. The highest BCUT2D eigenvalue weighted by molar-refractivity contribution is 7.98. The van der Waals surface area contributed by atoms with Crippen molar-refractivity contribution in [2.75, 3.05) is 24.0 Å². The number of allylic oxidation sites excluding steroid dienone is 4. The second-order valence-corrected chi connectivity index (χ2v) is 18.5. The molecule has 0 aliphatic rings. The molecule has 0 radical (unpaired) electrons. The average Bonchev–Trinajstić information content (AvgIpc) is 3.56. The molecule has 6 heteroatoms. The van der Waals surface area contributed by atoms with E-state index in [1.807, 2.05) is 63.9 Å². The molecule has 0 aliphatic heterocycles. The predicted octanol–water partition coefficient (Wildman–Crippen LogP) is 16.7. The fourth-order valence-electron chi connectivity index (χ4n) is 6.63. The van der Waals surface area contributed by atoms with Crippen molar-refractivity contribution in [1.82, 2.24) is 4.57 Å². The second-order valence-electron chi connectivity index (χ2n) is 16.3. The van der Waals surface area contributed by atoms with Gasteiger partial charge in [-0.3, -0.25) is 0 Å². The molecule has 1 aromatic heterocycles. The van der Waals surface area contributed by atoms with Crippen LogP contribution >= 0.6 is 23.5 Å². The molecule has 328 valence electrons. The number of benzene rings is 4. The van der Waals surface area contributed by atoms with Crippen LogP contribution in [-0.4, -0.2) is 33.8 Å². The van der Waals surface area contributed by atoms with Crippen LogP contribution in [0.1, 0.15) is 122 Å². The summed E-state index contributed by atoms with van der Waals surface area (Å²) in [5.74, 6) is 3.37. The summed E-state index contributed by atoms with van der Waals surface area (Å²) in [5.41, 5.74) is 11.6. The van der Waals surface area contributed by atoms with Crippen LogP contribution in [0.5, 0.6) is 11.5 Å². The molecule has 61 heavy (non-hydrogen) atoms. The molecule has 0 unspecified atom stereocenters. The number of hydrogen-bond donors (Lipinski definition) is 2. The van der Waals surface area contributed by atoms with Gasteiger partial charge in [0.1, 0.15) is 11.5 Å². The minimum atomic E-state index is -0.0148. The van der Waals surface area contributed by atoms with E-state index >= 15 is 0 Å². The minimum Gasteiger partial charge on any atom is -0.505 e. The lowest BCUT2D eigenvalue weighted by Gasteiger charge is -2.28. The first kappa shape index (κ1) is 52.4. The largest absolute Gasteiger partial charge is 0.505 e. The Kier molecular flexibility index (Phi) is 21.7. The summed E-state index contributed by atoms with van der Waals surface area (Å²) in [5, 5.41) is 23.4. The number of phenols is 2. The van der Waals surface area contributed by atoms with Crippen molar-refractivity contribution >= 4 is 64.0 Å². The lowest BCUT2D eigenvalue weighted by atomic mass is 9.85. The maximum absolute atomic E-state index is 11.2. The van der Waals surface area contributed by atoms with E-state index in [4.69, 9.17) is 0 Å². The van der Waals surface area contributed by atoms with Crippen LogP contribution in [0, 0.1) is 0 Å². The van der Waals surface area contributed by atoms with Crippen LogP contribution < -0.4 is 4.90 Å². The van der Waals surface area contributed by atoms with Crippen LogP contribution in [-0.2, 0) is 22.3 Å². The topological polar surface area (TPSA) is 48.6 Å². The van der Waals surface area contributed by atoms with Gasteiger partial charge in [0.25, 0.3) is 0 Å². The van der Waals surface area contributed by atoms with Crippen molar-refractivity contribution < 1.29 is 10.2 Å². The Morgan fingerprint density at radius 2 is 1.31 bits per heavy atom. The zero-order chi connectivity index (χ0) is 45.9. The van der Waals surface area contributed by atoms with Crippen molar-refractivity contribution in [1.29, 1.82) is 0 Å². The fourth-order valence-corrected chi connectivity index (χ4v) is 7.81. The summed E-state index contributed by atoms with van der Waals surface area (Å²) >= 11 is 3.55. The normalized spacial score (nSPS) is 11.3. The number of hydrogen-bond acceptors (Lipinski definition) is 5. The van der Waals surface area contributed by atoms with Crippen LogP contribution in [0.2, 0.25) is 0 Å². The summed E-state index contributed by atoms with van der Waals surface area (Å²) in [6.07, 6.45) is 16.7. The maximum atomic E-state index is 11.2. The van der Waals surface area contributed by atoms with Gasteiger partial charge in [0.05, 0.1) is 22.6 Å². The standard InChI is InChI=1S/C25H29NOS.C24H33NOS.C4H6.C2H6/c1-7-11-19-20-12-9-10-13-22(20)26(21(19)8-2)23-15-18(25(3,4)5)14-17(16-28-6)24(23)27;1-7-9-12-18-13-10-11-14-21(18)25(6)22-16-20(24(3,4)5)15-19(23(22)26)17-27-8-2;1-3-4-2;1-2/h7-15,27H,2,16H2,1,3-6H3;9-16,26H,7-8,17H2,1-6H3;3-4H,1-2H2;1-2H3/b11-7-;12-9+;;. The number of fused-ring (bicyclic) bond motifs is 1. The van der Waals surface area contributed by atoms with Gasteiger partial charge in [0, 0.05) is 46.3 Å². The van der Waals surface area contributed by atoms with Crippen molar-refractivity contribution in [2.45, 2.75) is 105 Å². The van der Waals surface area contributed by atoms with E-state index < -0.39 is 0 Å². The van der Waals surface area contributed by atoms with Crippen LogP contribution in [0.15, 0.2) is 117 Å². The Bertz CT molecular complexity index is 2240. The molecule has 0 saturated carbocycles. The lowest BCUT2D eigenvalue weighted by molar-refractivity contribution is 0.466. The molecule has 0 aliphatic carbocycles. The number of aromatic nitrogens is 1. The number of rotatable bonds is 13. The van der Waals surface area contributed by atoms with Crippen LogP contribution in [0.25, 0.3) is 34.8 Å². The Balaban J connectivity index is 0.000000372. The monoisotopic (exact) mass is 859 g/mol. The van der Waals surface area contributed by atoms with Crippen LogP contribution in [0.4, 0.5) is 11.4 Å². The SMILES string of the molecule is C=CC=C.C=Cc1c(/C=C\C)c2ccccc2n1-c1cc(C(C)(C)C)cc(CSC)c1O.CC.CC/C=C/c1ccccc1N(C)c1cc(C(C)(C)C)cc(CSCC)c1O. The molecular weight excluding hydrogens is 785 g/mol. The third-order valence-electron chi connectivity index (χ3n) is 9.91. The van der Waals surface area contributed by atoms with E-state index in [-0.39, 0.29) is 10.8 Å². The number of aromatic hydroxyl groups is 2. The molecule has 5 rings (SSSR count). The van der Waals surface area contributed by atoms with Gasteiger partial charge in [-0.2, -0.15) is 23.5 Å². The summed E-state index contributed by atoms with van der Waals surface area (Å²) in [6, 6.07) is 25.2. The highest BCUT2D eigenvalue weighted by atomic mass is 32.2. The first-order chi connectivity index (χ1) is 29.0. The van der Waals surface area contributed by atoms with Crippen molar-refractivity contribution in [3.63, 3.8) is 0 Å². The van der Waals surface area contributed by atoms with Gasteiger partial charge in [0.2, 0.25) is 0 Å². The minimum absolute atomic E-state index is 0.0148. The van der Waals surface area contributed by atoms with Crippen molar-refractivity contribution in [3.8, 4) is 17.2 Å². The third kappa shape index (κ3) is 13.9. The number of nitrogens with zero attached hydrogens (tertiary/aromatic N) is 2. The second kappa shape index (κ2) is 25.2. The highest BCUT2D eigenvalue weighted by Crippen LogP contribution is 2.42. The van der Waals surface area contributed by atoms with Crippen molar-refractivity contribution in [3.05, 3.63) is 156 Å². The number of para-hydroxylation sites is 2. The Morgan fingerprint density at radius 3 is 1.85 bits per heavy atom. The van der Waals surface area contributed by atoms with Gasteiger partial charge in [-0.15, -0.1) is 0 Å². The Hall–Kier alpha value is -4.78. The lowest BCUT2D eigenvalue weighted by Crippen LogP contribution is -2.16. The van der Waals surface area contributed by atoms with E-state index in [1.165, 1.54) is 11.1 Å². The molecule has 0 amide bonds. The maximum Gasteiger partial charge on any atom is 0.143 e. The zero-order valence-corrected chi connectivity index (χ0v) is 41.2. The molecule has 2 N–H and O–H groups in total. The van der Waals surface area contributed by atoms with Gasteiger partial charge in [-0.1, -0.05) is 174 Å². The number of phenolic OH excluding ortho intramolecular Hbond substituents is 2. The molecule has 0 spiro atoms. The van der Waals surface area contributed by atoms with E-state index in [9.17, 15) is 10.2 Å². The fraction of sp³-hybridized carbons (Fsp3) is 0.345. The van der Waals surface area contributed by atoms with E-state index in [1.54, 1.807) is 23.9 Å². The highest BCUT2D eigenvalue weighted by Gasteiger charge is 2.24. The molecule has 4 nitrogen and oxygen atoms in total. The molecule has 0 bridgehead atoms. The average molecular weight is 859 g/mol. The first-order valence-electron chi connectivity index (χ1n) is 21.4. The molecule has 5 aromatic rings. The van der Waals surface area contributed by atoms with Gasteiger partial charge < -0.3 is 19.7 Å². The molecular formula is C55H74N2O2S2. The predicted molar refractivity (Wildman–Crippen MR) is 280 cm³/mol. The van der Waals surface area contributed by atoms with E-state index in [2.05, 4.69) is 170 Å². The smallest absolute Gasteiger partial charge is 0.143 e. The number of anilines is 2. The molecule has 1 heterocycles. The van der Waals surface area contributed by atoms with E-state index in [0.717, 1.165) is 79.6 Å². The summed E-state index contributed by atoms with van der Waals surface area (Å²) in [4.78, 5) is 2.11. The number of thioether (sulfide) groups is 2. The van der Waals surface area contributed by atoms with Gasteiger partial charge in [-0.25, -0.2) is 0 Å². The molecule has 4 aromatic carbocycles. The molecule has 0 atom stereocenters. The van der Waals surface area contributed by atoms with Crippen LogP contribution in [0.3, 0.4) is 0 Å². The van der Waals surface area contributed by atoms with E-state index in [0.29, 0.717) is 11.5 Å². The van der Waals surface area contributed by atoms with Gasteiger partial charge in [0.15, 0.2) is 0 Å². The Morgan fingerprint density at radius 1 is 0.738 bits per heavy atom. The summed E-state index contributed by atoms with van der Waals surface area (Å²) < 4.78 is 2.14. The third-order valence-corrected chi connectivity index (χ3v) is 11.4. The van der Waals surface area contributed by atoms with Crippen molar-refractivity contribution in [2.24, 2.45) is 0 Å². The zero-order valence-electron chi connectivity index (χ0n) is 39.5. The summed E-state index contributed by atoms with van der Waals surface area (Å²) in [7, 11) is 2.04. The molecule has 0 saturated heterocycles.